The molecule has 0 radical (unpaired) electrons. The number of amides is 1. The van der Waals surface area contributed by atoms with E-state index in [2.05, 4.69) is 10.3 Å². The first-order valence-electron chi connectivity index (χ1n) is 8.86. The van der Waals surface area contributed by atoms with Crippen LogP contribution in [0.2, 0.25) is 0 Å². The second kappa shape index (κ2) is 7.47. The Morgan fingerprint density at radius 1 is 1.15 bits per heavy atom. The molecule has 3 aromatic rings. The summed E-state index contributed by atoms with van der Waals surface area (Å²) in [5.74, 6) is 2.46. The van der Waals surface area contributed by atoms with Crippen molar-refractivity contribution >= 4 is 11.4 Å². The first kappa shape index (κ1) is 16.4. The first-order chi connectivity index (χ1) is 12.8. The van der Waals surface area contributed by atoms with Gasteiger partial charge in [0.25, 0.3) is 0 Å². The summed E-state index contributed by atoms with van der Waals surface area (Å²) in [7, 11) is 0. The monoisotopic (exact) mass is 351 g/mol. The smallest absolute Gasteiger partial charge is 0.220 e. The molecule has 1 aromatic carbocycles. The number of imidazole rings is 1. The molecule has 0 aliphatic carbocycles. The fourth-order valence-electron chi connectivity index (χ4n) is 3.09. The third kappa shape index (κ3) is 3.64. The first-order valence-corrected chi connectivity index (χ1v) is 8.86. The van der Waals surface area contributed by atoms with Gasteiger partial charge in [0.2, 0.25) is 5.91 Å². The van der Waals surface area contributed by atoms with Crippen LogP contribution in [0.1, 0.15) is 24.2 Å². The van der Waals surface area contributed by atoms with Crippen molar-refractivity contribution in [1.29, 1.82) is 0 Å². The molecule has 0 spiro atoms. The lowest BCUT2D eigenvalue weighted by atomic mass is 10.1. The van der Waals surface area contributed by atoms with Crippen molar-refractivity contribution < 1.29 is 14.3 Å². The molecule has 1 N–H and O–H groups in total. The second-order valence-electron chi connectivity index (χ2n) is 6.28. The maximum absolute atomic E-state index is 12.1. The lowest BCUT2D eigenvalue weighted by Crippen LogP contribution is -2.23. The highest BCUT2D eigenvalue weighted by atomic mass is 16.6. The highest BCUT2D eigenvalue weighted by Crippen LogP contribution is 2.31. The van der Waals surface area contributed by atoms with E-state index in [0.717, 1.165) is 41.2 Å². The molecule has 0 bridgehead atoms. The molecule has 6 nitrogen and oxygen atoms in total. The Morgan fingerprint density at radius 3 is 2.96 bits per heavy atom. The van der Waals surface area contributed by atoms with Crippen LogP contribution in [0, 0.1) is 0 Å². The molecule has 0 unspecified atom stereocenters. The van der Waals surface area contributed by atoms with Gasteiger partial charge >= 0.3 is 0 Å². The molecule has 3 heterocycles. The molecule has 0 atom stereocenters. The van der Waals surface area contributed by atoms with Gasteiger partial charge in [0.1, 0.15) is 19.0 Å². The van der Waals surface area contributed by atoms with Crippen LogP contribution in [0.25, 0.3) is 5.52 Å². The SMILES string of the molecule is O=C(CCCc1ccc2c(c1)OCCO2)NCc1ncc2ccccn12. The van der Waals surface area contributed by atoms with Gasteiger partial charge in [0, 0.05) is 12.6 Å². The minimum atomic E-state index is 0.0372. The zero-order valence-electron chi connectivity index (χ0n) is 14.5. The number of benzene rings is 1. The highest BCUT2D eigenvalue weighted by Gasteiger charge is 2.12. The molecule has 1 aliphatic heterocycles. The minimum absolute atomic E-state index is 0.0372. The average molecular weight is 351 g/mol. The molecule has 0 saturated heterocycles. The average Bonchev–Trinajstić information content (AvgIpc) is 3.09. The van der Waals surface area contributed by atoms with Crippen LogP contribution in [0.4, 0.5) is 0 Å². The Bertz CT molecular complexity index is 920. The van der Waals surface area contributed by atoms with Gasteiger partial charge in [0.05, 0.1) is 18.3 Å². The molecule has 0 fully saturated rings. The van der Waals surface area contributed by atoms with Gasteiger partial charge in [-0.05, 0) is 42.7 Å². The summed E-state index contributed by atoms with van der Waals surface area (Å²) in [4.78, 5) is 16.5. The number of nitrogens with one attached hydrogen (secondary N) is 1. The number of hydrogen-bond donors (Lipinski definition) is 1. The molecular formula is C20H21N3O3. The van der Waals surface area contributed by atoms with Gasteiger partial charge in [-0.1, -0.05) is 12.1 Å². The predicted octanol–water partition coefficient (Wildman–Crippen LogP) is 2.74. The number of carbonyl (C=O) groups excluding carboxylic acids is 1. The third-order valence-corrected chi connectivity index (χ3v) is 4.43. The summed E-state index contributed by atoms with van der Waals surface area (Å²) >= 11 is 0. The number of aromatic nitrogens is 2. The van der Waals surface area contributed by atoms with E-state index in [-0.39, 0.29) is 5.91 Å². The van der Waals surface area contributed by atoms with Gasteiger partial charge < -0.3 is 19.2 Å². The third-order valence-electron chi connectivity index (χ3n) is 4.43. The molecule has 1 aliphatic rings. The number of pyridine rings is 1. The Labute approximate surface area is 151 Å². The van der Waals surface area contributed by atoms with E-state index in [1.165, 1.54) is 0 Å². The Balaban J connectivity index is 1.25. The minimum Gasteiger partial charge on any atom is -0.486 e. The van der Waals surface area contributed by atoms with Crippen LogP contribution in [-0.4, -0.2) is 28.5 Å². The largest absolute Gasteiger partial charge is 0.486 e. The Kier molecular flexibility index (Phi) is 4.73. The number of carbonyl (C=O) groups is 1. The summed E-state index contributed by atoms with van der Waals surface area (Å²) in [5.41, 5.74) is 2.18. The molecule has 2 aromatic heterocycles. The molecular weight excluding hydrogens is 330 g/mol. The topological polar surface area (TPSA) is 64.9 Å². The number of hydrogen-bond acceptors (Lipinski definition) is 4. The van der Waals surface area contributed by atoms with E-state index in [4.69, 9.17) is 9.47 Å². The van der Waals surface area contributed by atoms with E-state index < -0.39 is 0 Å². The van der Waals surface area contributed by atoms with Crippen molar-refractivity contribution in [3.63, 3.8) is 0 Å². The standard InChI is InChI=1S/C20H21N3O3/c24-20(22-14-19-21-13-16-5-1-2-9-23(16)19)6-3-4-15-7-8-17-18(12-15)26-11-10-25-17/h1-2,5,7-9,12-13H,3-4,6,10-11,14H2,(H,22,24). The zero-order valence-corrected chi connectivity index (χ0v) is 14.5. The maximum Gasteiger partial charge on any atom is 0.220 e. The molecule has 6 heteroatoms. The summed E-state index contributed by atoms with van der Waals surface area (Å²) < 4.78 is 13.1. The van der Waals surface area contributed by atoms with E-state index in [9.17, 15) is 4.79 Å². The van der Waals surface area contributed by atoms with Crippen molar-refractivity contribution in [1.82, 2.24) is 14.7 Å². The molecule has 0 saturated carbocycles. The predicted molar refractivity (Wildman–Crippen MR) is 97.4 cm³/mol. The fraction of sp³-hybridized carbons (Fsp3) is 0.300. The summed E-state index contributed by atoms with van der Waals surface area (Å²) in [5, 5.41) is 2.95. The van der Waals surface area contributed by atoms with Gasteiger partial charge in [-0.3, -0.25) is 4.79 Å². The van der Waals surface area contributed by atoms with Crippen molar-refractivity contribution in [2.45, 2.75) is 25.8 Å². The normalized spacial score (nSPS) is 12.9. The molecule has 134 valence electrons. The number of nitrogens with zero attached hydrogens (tertiary/aromatic N) is 2. The summed E-state index contributed by atoms with van der Waals surface area (Å²) in [6.45, 7) is 1.61. The van der Waals surface area contributed by atoms with Gasteiger partial charge in [-0.2, -0.15) is 0 Å². The summed E-state index contributed by atoms with van der Waals surface area (Å²) in [6, 6.07) is 11.9. The van der Waals surface area contributed by atoms with Crippen LogP contribution in [0.3, 0.4) is 0 Å². The number of fused-ring (bicyclic) bond motifs is 2. The van der Waals surface area contributed by atoms with Gasteiger partial charge in [0.15, 0.2) is 11.5 Å². The Hall–Kier alpha value is -3.02. The van der Waals surface area contributed by atoms with Crippen molar-refractivity contribution in [2.75, 3.05) is 13.2 Å². The fourth-order valence-corrected chi connectivity index (χ4v) is 3.09. The lowest BCUT2D eigenvalue weighted by Gasteiger charge is -2.18. The quantitative estimate of drug-likeness (QED) is 0.742. The lowest BCUT2D eigenvalue weighted by molar-refractivity contribution is -0.121. The number of ether oxygens (including phenoxy) is 2. The number of rotatable bonds is 6. The van der Waals surface area contributed by atoms with Gasteiger partial charge in [-0.15, -0.1) is 0 Å². The van der Waals surface area contributed by atoms with Crippen LogP contribution >= 0.6 is 0 Å². The van der Waals surface area contributed by atoms with Crippen molar-refractivity contribution in [3.8, 4) is 11.5 Å². The number of aryl methyl sites for hydroxylation is 1. The van der Waals surface area contributed by atoms with Crippen LogP contribution in [0.15, 0.2) is 48.8 Å². The molecule has 26 heavy (non-hydrogen) atoms. The maximum atomic E-state index is 12.1. The van der Waals surface area contributed by atoms with Crippen LogP contribution in [-0.2, 0) is 17.8 Å². The van der Waals surface area contributed by atoms with Gasteiger partial charge in [-0.25, -0.2) is 4.98 Å². The van der Waals surface area contributed by atoms with E-state index in [0.29, 0.717) is 26.2 Å². The zero-order chi connectivity index (χ0) is 17.8. The molecule has 4 rings (SSSR count). The van der Waals surface area contributed by atoms with Crippen LogP contribution in [0.5, 0.6) is 11.5 Å². The Morgan fingerprint density at radius 2 is 2.04 bits per heavy atom. The molecule has 1 amide bonds. The van der Waals surface area contributed by atoms with Crippen molar-refractivity contribution in [2.24, 2.45) is 0 Å². The van der Waals surface area contributed by atoms with E-state index >= 15 is 0 Å². The van der Waals surface area contributed by atoms with E-state index in [1.807, 2.05) is 53.2 Å². The van der Waals surface area contributed by atoms with E-state index in [1.54, 1.807) is 0 Å². The van der Waals surface area contributed by atoms with Crippen LogP contribution < -0.4 is 14.8 Å². The van der Waals surface area contributed by atoms with Crippen molar-refractivity contribution in [3.05, 3.63) is 60.2 Å². The second-order valence-corrected chi connectivity index (χ2v) is 6.28. The highest BCUT2D eigenvalue weighted by molar-refractivity contribution is 5.75. The summed E-state index contributed by atoms with van der Waals surface area (Å²) in [6.07, 6.45) is 5.86.